The van der Waals surface area contributed by atoms with Crippen molar-refractivity contribution >= 4 is 0 Å². The molecule has 3 heteroatoms. The zero-order valence-electron chi connectivity index (χ0n) is 13.4. The molecule has 1 atom stereocenters. The van der Waals surface area contributed by atoms with Crippen LogP contribution in [0.2, 0.25) is 0 Å². The van der Waals surface area contributed by atoms with Gasteiger partial charge in [-0.2, -0.15) is 0 Å². The van der Waals surface area contributed by atoms with E-state index in [0.29, 0.717) is 11.7 Å². The Morgan fingerprint density at radius 3 is 2.30 bits per heavy atom. The Morgan fingerprint density at radius 2 is 1.85 bits per heavy atom. The van der Waals surface area contributed by atoms with E-state index in [4.69, 9.17) is 4.74 Å². The molecule has 0 aromatic heterocycles. The Kier molecular flexibility index (Phi) is 10.0. The summed E-state index contributed by atoms with van der Waals surface area (Å²) in [5.41, 5.74) is 2.62. The number of rotatable bonds is 9. The van der Waals surface area contributed by atoms with Crippen LogP contribution in [-0.2, 0) is 4.74 Å². The summed E-state index contributed by atoms with van der Waals surface area (Å²) in [5.74, 6) is 1.11. The third-order valence-corrected chi connectivity index (χ3v) is 3.45. The fourth-order valence-electron chi connectivity index (χ4n) is 1.70. The van der Waals surface area contributed by atoms with Gasteiger partial charge in [0.25, 0.3) is 6.43 Å². The topological polar surface area (TPSA) is 9.23 Å². The van der Waals surface area contributed by atoms with Gasteiger partial charge in [0.1, 0.15) is 12.4 Å². The second-order valence-corrected chi connectivity index (χ2v) is 5.10. The Hall–Kier alpha value is -1.12. The number of ether oxygens (including phenoxy) is 1. The van der Waals surface area contributed by atoms with E-state index < -0.39 is 13.0 Å². The molecule has 0 saturated heterocycles. The minimum Gasteiger partial charge on any atom is -0.488 e. The van der Waals surface area contributed by atoms with Gasteiger partial charge in [-0.1, -0.05) is 38.8 Å². The first-order valence-electron chi connectivity index (χ1n) is 7.38. The van der Waals surface area contributed by atoms with Gasteiger partial charge in [0.2, 0.25) is 0 Å². The molecule has 20 heavy (non-hydrogen) atoms. The van der Waals surface area contributed by atoms with Crippen molar-refractivity contribution in [2.24, 2.45) is 5.92 Å². The normalized spacial score (nSPS) is 15.7. The van der Waals surface area contributed by atoms with Crippen molar-refractivity contribution in [3.05, 3.63) is 35.1 Å². The summed E-state index contributed by atoms with van der Waals surface area (Å²) in [7, 11) is 0. The number of allylic oxidation sites excluding steroid dienone is 5. The van der Waals surface area contributed by atoms with Gasteiger partial charge in [-0.25, -0.2) is 8.78 Å². The molecule has 0 aliphatic heterocycles. The summed E-state index contributed by atoms with van der Waals surface area (Å²) < 4.78 is 29.3. The van der Waals surface area contributed by atoms with E-state index in [2.05, 4.69) is 27.7 Å². The zero-order valence-corrected chi connectivity index (χ0v) is 13.4. The number of alkyl halides is 2. The molecule has 0 aliphatic carbocycles. The highest BCUT2D eigenvalue weighted by molar-refractivity contribution is 5.29. The Morgan fingerprint density at radius 1 is 1.20 bits per heavy atom. The lowest BCUT2D eigenvalue weighted by Gasteiger charge is -2.13. The quantitative estimate of drug-likeness (QED) is 0.379. The van der Waals surface area contributed by atoms with Crippen molar-refractivity contribution in [2.75, 3.05) is 6.61 Å². The van der Waals surface area contributed by atoms with E-state index in [1.807, 2.05) is 6.08 Å². The second-order valence-electron chi connectivity index (χ2n) is 5.10. The van der Waals surface area contributed by atoms with Gasteiger partial charge in [0, 0.05) is 0 Å². The summed E-state index contributed by atoms with van der Waals surface area (Å²) in [4.78, 5) is 0. The SMILES string of the molecule is C\C=C(/C=C\C(CC(C)CC)=C(\C)CC)OCC(F)F. The van der Waals surface area contributed by atoms with E-state index in [0.717, 1.165) is 19.3 Å². The Bertz CT molecular complexity index is 354. The molecule has 0 aromatic carbocycles. The van der Waals surface area contributed by atoms with Crippen LogP contribution in [0.4, 0.5) is 8.78 Å². The molecule has 0 N–H and O–H groups in total. The average molecular weight is 286 g/mol. The first kappa shape index (κ1) is 18.9. The maximum absolute atomic E-state index is 12.1. The molecule has 0 spiro atoms. The Balaban J connectivity index is 4.83. The molecule has 0 rings (SSSR count). The van der Waals surface area contributed by atoms with E-state index in [9.17, 15) is 8.78 Å². The van der Waals surface area contributed by atoms with Gasteiger partial charge in [-0.3, -0.25) is 0 Å². The van der Waals surface area contributed by atoms with Crippen LogP contribution in [0, 0.1) is 5.92 Å². The maximum atomic E-state index is 12.1. The molecule has 0 fully saturated rings. The highest BCUT2D eigenvalue weighted by atomic mass is 19.3. The fraction of sp³-hybridized carbons (Fsp3) is 0.647. The van der Waals surface area contributed by atoms with Gasteiger partial charge in [0.15, 0.2) is 0 Å². The minimum absolute atomic E-state index is 0.496. The molecule has 0 radical (unpaired) electrons. The molecule has 0 aliphatic rings. The minimum atomic E-state index is -2.44. The molecule has 1 unspecified atom stereocenters. The third kappa shape index (κ3) is 8.13. The monoisotopic (exact) mass is 286 g/mol. The maximum Gasteiger partial charge on any atom is 0.272 e. The first-order chi connectivity index (χ1) is 9.44. The predicted octanol–water partition coefficient (Wildman–Crippen LogP) is 5.89. The molecule has 1 nitrogen and oxygen atoms in total. The van der Waals surface area contributed by atoms with Crippen molar-refractivity contribution < 1.29 is 13.5 Å². The van der Waals surface area contributed by atoms with E-state index in [1.54, 1.807) is 19.1 Å². The highest BCUT2D eigenvalue weighted by Crippen LogP contribution is 2.21. The molecule has 0 amide bonds. The lowest BCUT2D eigenvalue weighted by molar-refractivity contribution is 0.0524. The smallest absolute Gasteiger partial charge is 0.272 e. The van der Waals surface area contributed by atoms with Crippen LogP contribution < -0.4 is 0 Å². The van der Waals surface area contributed by atoms with Crippen LogP contribution in [0.5, 0.6) is 0 Å². The number of halogens is 2. The van der Waals surface area contributed by atoms with Crippen LogP contribution in [0.1, 0.15) is 53.9 Å². The summed E-state index contributed by atoms with van der Waals surface area (Å²) in [5, 5.41) is 0. The second kappa shape index (κ2) is 10.6. The van der Waals surface area contributed by atoms with Crippen LogP contribution in [0.3, 0.4) is 0 Å². The molecule has 116 valence electrons. The molecule has 0 saturated carbocycles. The summed E-state index contributed by atoms with van der Waals surface area (Å²) in [6, 6.07) is 0. The van der Waals surface area contributed by atoms with E-state index >= 15 is 0 Å². The largest absolute Gasteiger partial charge is 0.488 e. The lowest BCUT2D eigenvalue weighted by atomic mass is 9.94. The van der Waals surface area contributed by atoms with Crippen molar-refractivity contribution in [1.82, 2.24) is 0 Å². The van der Waals surface area contributed by atoms with E-state index in [-0.39, 0.29) is 0 Å². The molecule has 0 bridgehead atoms. The number of hydrogen-bond acceptors (Lipinski definition) is 1. The summed E-state index contributed by atoms with van der Waals surface area (Å²) in [6.45, 7) is 9.88. The average Bonchev–Trinajstić information content (AvgIpc) is 2.44. The molecule has 0 heterocycles. The van der Waals surface area contributed by atoms with Gasteiger partial charge in [-0.05, 0) is 50.3 Å². The van der Waals surface area contributed by atoms with Crippen molar-refractivity contribution in [1.29, 1.82) is 0 Å². The van der Waals surface area contributed by atoms with Crippen LogP contribution in [-0.4, -0.2) is 13.0 Å². The predicted molar refractivity (Wildman–Crippen MR) is 81.9 cm³/mol. The Labute approximate surface area is 122 Å². The van der Waals surface area contributed by atoms with Crippen LogP contribution >= 0.6 is 0 Å². The van der Waals surface area contributed by atoms with Crippen molar-refractivity contribution in [2.45, 2.75) is 60.3 Å². The highest BCUT2D eigenvalue weighted by Gasteiger charge is 2.06. The van der Waals surface area contributed by atoms with Crippen LogP contribution in [0.15, 0.2) is 35.1 Å². The standard InChI is InChI=1S/C17H28F2O/c1-6-13(4)11-15(14(5)7-2)9-10-16(8-3)20-12-17(18)19/h8-10,13,17H,6-7,11-12H2,1-5H3/b10-9-,15-14+,16-8+. The molecular formula is C17H28F2O. The summed E-state index contributed by atoms with van der Waals surface area (Å²) >= 11 is 0. The zero-order chi connectivity index (χ0) is 15.5. The van der Waals surface area contributed by atoms with E-state index in [1.165, 1.54) is 11.1 Å². The van der Waals surface area contributed by atoms with Gasteiger partial charge >= 0.3 is 0 Å². The van der Waals surface area contributed by atoms with Gasteiger partial charge < -0.3 is 4.74 Å². The number of hydrogen-bond donors (Lipinski definition) is 0. The van der Waals surface area contributed by atoms with Gasteiger partial charge in [-0.15, -0.1) is 0 Å². The summed E-state index contributed by atoms with van der Waals surface area (Å²) in [6.07, 6.45) is 6.21. The molecular weight excluding hydrogens is 258 g/mol. The lowest BCUT2D eigenvalue weighted by Crippen LogP contribution is -2.03. The third-order valence-electron chi connectivity index (χ3n) is 3.45. The first-order valence-corrected chi connectivity index (χ1v) is 7.38. The van der Waals surface area contributed by atoms with Crippen LogP contribution in [0.25, 0.3) is 0 Å². The van der Waals surface area contributed by atoms with Gasteiger partial charge in [0.05, 0.1) is 0 Å². The molecule has 0 aromatic rings. The fourth-order valence-corrected chi connectivity index (χ4v) is 1.70. The van der Waals surface area contributed by atoms with Crippen molar-refractivity contribution in [3.8, 4) is 0 Å². The van der Waals surface area contributed by atoms with Crippen molar-refractivity contribution in [3.63, 3.8) is 0 Å².